The van der Waals surface area contributed by atoms with Crippen molar-refractivity contribution in [3.8, 4) is 0 Å². The van der Waals surface area contributed by atoms with Gasteiger partial charge in [0.1, 0.15) is 5.76 Å². The van der Waals surface area contributed by atoms with Gasteiger partial charge in [-0.05, 0) is 25.5 Å². The van der Waals surface area contributed by atoms with Crippen molar-refractivity contribution in [2.45, 2.75) is 31.9 Å². The molecule has 7 heteroatoms. The Morgan fingerprint density at radius 1 is 1.30 bits per heavy atom. The summed E-state index contributed by atoms with van der Waals surface area (Å²) >= 11 is 0. The average Bonchev–Trinajstić information content (AvgIpc) is 2.76. The highest BCUT2D eigenvalue weighted by Crippen LogP contribution is 2.16. The molecule has 0 spiro atoms. The summed E-state index contributed by atoms with van der Waals surface area (Å²) in [6.07, 6.45) is 0. The molecule has 108 valence electrons. The Hall–Kier alpha value is -1.70. The fourth-order valence-electron chi connectivity index (χ4n) is 1.75. The second-order valence-corrected chi connectivity index (χ2v) is 6.07. The third kappa shape index (κ3) is 3.06. The van der Waals surface area contributed by atoms with Crippen molar-refractivity contribution in [3.05, 3.63) is 47.2 Å². The molecule has 0 fully saturated rings. The summed E-state index contributed by atoms with van der Waals surface area (Å²) in [5, 5.41) is 9.18. The van der Waals surface area contributed by atoms with E-state index in [-0.39, 0.29) is 18.0 Å². The normalized spacial score (nSPS) is 11.8. The summed E-state index contributed by atoms with van der Waals surface area (Å²) in [5.74, 6) is 0.972. The maximum atomic E-state index is 12.2. The van der Waals surface area contributed by atoms with Crippen molar-refractivity contribution in [1.82, 2.24) is 9.71 Å². The number of aliphatic hydroxyl groups is 1. The Bertz CT molecular complexity index is 687. The number of nitrogens with one attached hydrogen (secondary N) is 1. The first-order valence-electron chi connectivity index (χ1n) is 6.05. The molecule has 1 heterocycles. The first kappa shape index (κ1) is 14.7. The van der Waals surface area contributed by atoms with Crippen molar-refractivity contribution in [2.24, 2.45) is 0 Å². The first-order valence-corrected chi connectivity index (χ1v) is 7.53. The van der Waals surface area contributed by atoms with Crippen molar-refractivity contribution in [2.75, 3.05) is 0 Å². The van der Waals surface area contributed by atoms with Gasteiger partial charge in [0.05, 0.1) is 23.7 Å². The number of aromatic nitrogens is 1. The second-order valence-electron chi connectivity index (χ2n) is 4.34. The maximum Gasteiger partial charge on any atom is 0.241 e. The number of hydrogen-bond acceptors (Lipinski definition) is 5. The Kier molecular flexibility index (Phi) is 4.22. The van der Waals surface area contributed by atoms with Gasteiger partial charge in [-0.1, -0.05) is 18.2 Å². The van der Waals surface area contributed by atoms with Crippen LogP contribution < -0.4 is 4.72 Å². The molecule has 2 aromatic rings. The van der Waals surface area contributed by atoms with E-state index in [1.54, 1.807) is 32.0 Å². The van der Waals surface area contributed by atoms with Crippen LogP contribution in [0.2, 0.25) is 0 Å². The van der Waals surface area contributed by atoms with Crippen molar-refractivity contribution >= 4 is 10.0 Å². The van der Waals surface area contributed by atoms with Gasteiger partial charge < -0.3 is 9.52 Å². The molecule has 0 bridgehead atoms. The number of sulfonamides is 1. The SMILES string of the molecule is Cc1nc(CNS(=O)(=O)c2ccccc2CO)oc1C. The lowest BCUT2D eigenvalue weighted by Gasteiger charge is -2.08. The van der Waals surface area contributed by atoms with E-state index in [0.29, 0.717) is 17.2 Å². The zero-order chi connectivity index (χ0) is 14.8. The molecule has 0 unspecified atom stereocenters. The Morgan fingerprint density at radius 3 is 2.60 bits per heavy atom. The molecule has 0 aliphatic heterocycles. The van der Waals surface area contributed by atoms with Gasteiger partial charge in [0.2, 0.25) is 15.9 Å². The number of oxazole rings is 1. The maximum absolute atomic E-state index is 12.2. The van der Waals surface area contributed by atoms with E-state index >= 15 is 0 Å². The topological polar surface area (TPSA) is 92.4 Å². The van der Waals surface area contributed by atoms with Crippen molar-refractivity contribution < 1.29 is 17.9 Å². The van der Waals surface area contributed by atoms with Crippen LogP contribution in [0, 0.1) is 13.8 Å². The minimum Gasteiger partial charge on any atom is -0.444 e. The van der Waals surface area contributed by atoms with Crippen molar-refractivity contribution in [1.29, 1.82) is 0 Å². The highest BCUT2D eigenvalue weighted by molar-refractivity contribution is 7.89. The molecule has 0 aliphatic rings. The first-order chi connectivity index (χ1) is 9.44. The molecule has 1 aromatic carbocycles. The smallest absolute Gasteiger partial charge is 0.241 e. The number of aliphatic hydroxyl groups excluding tert-OH is 1. The molecule has 20 heavy (non-hydrogen) atoms. The Balaban J connectivity index is 2.19. The minimum absolute atomic E-state index is 0.0310. The fraction of sp³-hybridized carbons (Fsp3) is 0.308. The lowest BCUT2D eigenvalue weighted by molar-refractivity contribution is 0.278. The summed E-state index contributed by atoms with van der Waals surface area (Å²) in [6, 6.07) is 6.28. The molecule has 0 atom stereocenters. The third-order valence-electron chi connectivity index (χ3n) is 2.92. The largest absolute Gasteiger partial charge is 0.444 e. The van der Waals surface area contributed by atoms with Crippen LogP contribution >= 0.6 is 0 Å². The van der Waals surface area contributed by atoms with E-state index in [9.17, 15) is 13.5 Å². The van der Waals surface area contributed by atoms with Gasteiger partial charge in [-0.3, -0.25) is 0 Å². The van der Waals surface area contributed by atoms with Gasteiger partial charge in [0, 0.05) is 0 Å². The van der Waals surface area contributed by atoms with Crippen LogP contribution in [-0.2, 0) is 23.2 Å². The van der Waals surface area contributed by atoms with E-state index in [1.807, 2.05) is 0 Å². The number of aryl methyl sites for hydroxylation is 2. The summed E-state index contributed by atoms with van der Waals surface area (Å²) in [6.45, 7) is 3.18. The fourth-order valence-corrected chi connectivity index (χ4v) is 2.95. The molecular formula is C13H16N2O4S. The zero-order valence-electron chi connectivity index (χ0n) is 11.3. The summed E-state index contributed by atoms with van der Waals surface area (Å²) in [5.41, 5.74) is 1.08. The lowest BCUT2D eigenvalue weighted by Crippen LogP contribution is -2.24. The highest BCUT2D eigenvalue weighted by atomic mass is 32.2. The van der Waals surface area contributed by atoms with Gasteiger partial charge in [-0.2, -0.15) is 0 Å². The molecule has 0 radical (unpaired) electrons. The van der Waals surface area contributed by atoms with Gasteiger partial charge in [0.15, 0.2) is 0 Å². The van der Waals surface area contributed by atoms with Crippen LogP contribution in [-0.4, -0.2) is 18.5 Å². The monoisotopic (exact) mass is 296 g/mol. The highest BCUT2D eigenvalue weighted by Gasteiger charge is 2.18. The molecule has 2 N–H and O–H groups in total. The minimum atomic E-state index is -3.71. The number of rotatable bonds is 5. The van der Waals surface area contributed by atoms with E-state index in [0.717, 1.165) is 5.69 Å². The van der Waals surface area contributed by atoms with Gasteiger partial charge >= 0.3 is 0 Å². The number of hydrogen-bond donors (Lipinski definition) is 2. The Labute approximate surface area is 117 Å². The van der Waals surface area contributed by atoms with E-state index in [2.05, 4.69) is 9.71 Å². The summed E-state index contributed by atoms with van der Waals surface area (Å²) in [4.78, 5) is 4.16. The van der Waals surface area contributed by atoms with Gasteiger partial charge in [-0.15, -0.1) is 0 Å². The van der Waals surface area contributed by atoms with E-state index < -0.39 is 10.0 Å². The van der Waals surface area contributed by atoms with Crippen LogP contribution in [0.1, 0.15) is 22.9 Å². The average molecular weight is 296 g/mol. The molecule has 0 saturated carbocycles. The van der Waals surface area contributed by atoms with Gasteiger partial charge in [-0.25, -0.2) is 18.1 Å². The standard InChI is InChI=1S/C13H16N2O4S/c1-9-10(2)19-13(15-9)7-14-20(17,18)12-6-4-3-5-11(12)8-16/h3-6,14,16H,7-8H2,1-2H3. The summed E-state index contributed by atoms with van der Waals surface area (Å²) in [7, 11) is -3.71. The van der Waals surface area contributed by atoms with Crippen LogP contribution in [0.15, 0.2) is 33.6 Å². The van der Waals surface area contributed by atoms with Crippen LogP contribution in [0.25, 0.3) is 0 Å². The van der Waals surface area contributed by atoms with Gasteiger partial charge in [0.25, 0.3) is 0 Å². The quantitative estimate of drug-likeness (QED) is 0.866. The van der Waals surface area contributed by atoms with E-state index in [4.69, 9.17) is 4.42 Å². The number of nitrogens with zero attached hydrogens (tertiary/aromatic N) is 1. The van der Waals surface area contributed by atoms with Crippen LogP contribution in [0.5, 0.6) is 0 Å². The molecule has 6 nitrogen and oxygen atoms in total. The third-order valence-corrected chi connectivity index (χ3v) is 4.42. The second kappa shape index (κ2) is 5.74. The molecular weight excluding hydrogens is 280 g/mol. The lowest BCUT2D eigenvalue weighted by atomic mass is 10.2. The molecule has 0 saturated heterocycles. The summed E-state index contributed by atoms with van der Waals surface area (Å²) < 4.78 is 32.1. The van der Waals surface area contributed by atoms with E-state index in [1.165, 1.54) is 6.07 Å². The number of benzene rings is 1. The molecule has 2 rings (SSSR count). The predicted molar refractivity (Wildman–Crippen MR) is 72.4 cm³/mol. The molecule has 0 amide bonds. The molecule has 0 aliphatic carbocycles. The molecule has 1 aromatic heterocycles. The Morgan fingerprint density at radius 2 is 2.00 bits per heavy atom. The predicted octanol–water partition coefficient (Wildman–Crippen LogP) is 1.26. The van der Waals surface area contributed by atoms with Crippen LogP contribution in [0.3, 0.4) is 0 Å². The van der Waals surface area contributed by atoms with Crippen molar-refractivity contribution in [3.63, 3.8) is 0 Å². The zero-order valence-corrected chi connectivity index (χ0v) is 12.1. The van der Waals surface area contributed by atoms with Crippen LogP contribution in [0.4, 0.5) is 0 Å².